The minimum Gasteiger partial charge on any atom is -0.454 e. The quantitative estimate of drug-likeness (QED) is 0.168. The molecule has 0 atom stereocenters. The van der Waals surface area contributed by atoms with Gasteiger partial charge in [0.05, 0.1) is 22.1 Å². The van der Waals surface area contributed by atoms with Crippen LogP contribution in [0.15, 0.2) is 211 Å². The van der Waals surface area contributed by atoms with Crippen molar-refractivity contribution < 1.29 is 4.42 Å². The lowest BCUT2D eigenvalue weighted by Gasteiger charge is -2.26. The fourth-order valence-corrected chi connectivity index (χ4v) is 9.87. The molecule has 0 unspecified atom stereocenters. The molecule has 12 rings (SSSR count). The molecule has 9 aromatic carbocycles. The summed E-state index contributed by atoms with van der Waals surface area (Å²) >= 11 is 0. The van der Waals surface area contributed by atoms with Crippen LogP contribution in [-0.4, -0.2) is 4.57 Å². The number of fused-ring (bicyclic) bond motifs is 10. The molecule has 11 aromatic rings. The maximum Gasteiger partial charge on any atom is 0.161 e. The SMILES string of the molecule is CC1(C)c2ccccc2-c2cc3c4cc(N(c5ccc(-c6ccccc6)cc5)c5ccc(-c6ccccc6)cc5)c5oc6ccccc6c5c4n(-c4ccccc4)c3cc21. The zero-order valence-electron chi connectivity index (χ0n) is 33.4. The van der Waals surface area contributed by atoms with Gasteiger partial charge in [-0.05, 0) is 105 Å². The molecule has 0 bridgehead atoms. The Bertz CT molecular complexity index is 3330. The number of hydrogen-bond donors (Lipinski definition) is 0. The molecular weight excluding hydrogens is 729 g/mol. The Labute approximate surface area is 349 Å². The van der Waals surface area contributed by atoms with Gasteiger partial charge in [0.2, 0.25) is 0 Å². The topological polar surface area (TPSA) is 21.3 Å². The lowest BCUT2D eigenvalue weighted by molar-refractivity contribution is 0.661. The van der Waals surface area contributed by atoms with Gasteiger partial charge in [0.1, 0.15) is 5.58 Å². The molecule has 0 amide bonds. The first-order valence-electron chi connectivity index (χ1n) is 20.8. The second-order valence-corrected chi connectivity index (χ2v) is 16.5. The van der Waals surface area contributed by atoms with Crippen molar-refractivity contribution in [2.24, 2.45) is 0 Å². The van der Waals surface area contributed by atoms with Crippen molar-refractivity contribution in [2.45, 2.75) is 19.3 Å². The Morgan fingerprint density at radius 1 is 0.450 bits per heavy atom. The van der Waals surface area contributed by atoms with Crippen LogP contribution in [-0.2, 0) is 5.41 Å². The van der Waals surface area contributed by atoms with E-state index in [0.717, 1.165) is 50.2 Å². The zero-order valence-corrected chi connectivity index (χ0v) is 33.4. The molecule has 2 aromatic heterocycles. The Morgan fingerprint density at radius 2 is 1.00 bits per heavy atom. The van der Waals surface area contributed by atoms with E-state index in [1.807, 2.05) is 0 Å². The van der Waals surface area contributed by atoms with E-state index >= 15 is 0 Å². The predicted molar refractivity (Wildman–Crippen MR) is 251 cm³/mol. The third kappa shape index (κ3) is 5.15. The number of benzene rings is 9. The van der Waals surface area contributed by atoms with Crippen molar-refractivity contribution in [3.8, 4) is 39.1 Å². The number of aromatic nitrogens is 1. The normalized spacial score (nSPS) is 13.0. The molecule has 0 spiro atoms. The van der Waals surface area contributed by atoms with Gasteiger partial charge in [-0.25, -0.2) is 0 Å². The monoisotopic (exact) mass is 768 g/mol. The van der Waals surface area contributed by atoms with Crippen LogP contribution in [0, 0.1) is 0 Å². The summed E-state index contributed by atoms with van der Waals surface area (Å²) < 4.78 is 9.57. The fourth-order valence-electron chi connectivity index (χ4n) is 9.87. The van der Waals surface area contributed by atoms with E-state index < -0.39 is 0 Å². The van der Waals surface area contributed by atoms with E-state index in [0.29, 0.717) is 0 Å². The summed E-state index contributed by atoms with van der Waals surface area (Å²) in [5.74, 6) is 0. The van der Waals surface area contributed by atoms with Crippen molar-refractivity contribution in [2.75, 3.05) is 4.90 Å². The highest BCUT2D eigenvalue weighted by atomic mass is 16.3. The highest BCUT2D eigenvalue weighted by Crippen LogP contribution is 2.53. The summed E-state index contributed by atoms with van der Waals surface area (Å²) in [6.07, 6.45) is 0. The first-order chi connectivity index (χ1) is 29.5. The molecule has 0 fully saturated rings. The number of anilines is 3. The fraction of sp³-hybridized carbons (Fsp3) is 0.0526. The lowest BCUT2D eigenvalue weighted by Crippen LogP contribution is -2.14. The standard InChI is InChI=1S/C57H40N2O/c1-57(2)49-24-14-12-22-44(49)46-34-47-48-35-52(56-54(45-23-13-15-25-53(45)60-56)55(48)59(51(47)36-50(46)57)41-20-10-5-11-21-41)58(42-30-26-39(27-31-42)37-16-6-3-7-17-37)43-32-28-40(29-33-43)38-18-8-4-9-19-38/h3-36H,1-2H3. The smallest absolute Gasteiger partial charge is 0.161 e. The molecule has 3 nitrogen and oxygen atoms in total. The number of hydrogen-bond acceptors (Lipinski definition) is 2. The van der Waals surface area contributed by atoms with E-state index in [2.05, 4.69) is 230 Å². The Morgan fingerprint density at radius 3 is 1.65 bits per heavy atom. The Kier molecular flexibility index (Phi) is 7.58. The third-order valence-electron chi connectivity index (χ3n) is 12.8. The lowest BCUT2D eigenvalue weighted by atomic mass is 9.82. The summed E-state index contributed by atoms with van der Waals surface area (Å²) in [5.41, 5.74) is 18.2. The van der Waals surface area contributed by atoms with Gasteiger partial charge in [0.15, 0.2) is 5.58 Å². The number of furan rings is 1. The van der Waals surface area contributed by atoms with Crippen LogP contribution in [0.1, 0.15) is 25.0 Å². The molecule has 0 N–H and O–H groups in total. The summed E-state index contributed by atoms with van der Waals surface area (Å²) in [5, 5.41) is 4.59. The molecule has 1 aliphatic carbocycles. The van der Waals surface area contributed by atoms with Crippen molar-refractivity contribution >= 4 is 60.8 Å². The molecule has 0 aliphatic heterocycles. The van der Waals surface area contributed by atoms with Crippen LogP contribution in [0.4, 0.5) is 17.1 Å². The minimum absolute atomic E-state index is 0.143. The van der Waals surface area contributed by atoms with Crippen molar-refractivity contribution in [1.82, 2.24) is 4.57 Å². The number of nitrogens with zero attached hydrogens (tertiary/aromatic N) is 2. The van der Waals surface area contributed by atoms with Gasteiger partial charge < -0.3 is 13.9 Å². The summed E-state index contributed by atoms with van der Waals surface area (Å²) in [6.45, 7) is 4.73. The molecule has 0 radical (unpaired) electrons. The van der Waals surface area contributed by atoms with Crippen LogP contribution in [0.3, 0.4) is 0 Å². The van der Waals surface area contributed by atoms with Crippen LogP contribution in [0.25, 0.3) is 82.8 Å². The summed E-state index contributed by atoms with van der Waals surface area (Å²) in [6, 6.07) is 74.6. The van der Waals surface area contributed by atoms with Crippen molar-refractivity contribution in [1.29, 1.82) is 0 Å². The van der Waals surface area contributed by atoms with Crippen molar-refractivity contribution in [3.05, 3.63) is 217 Å². The Balaban J connectivity index is 1.19. The van der Waals surface area contributed by atoms with Gasteiger partial charge in [0.25, 0.3) is 0 Å². The maximum absolute atomic E-state index is 7.09. The first-order valence-corrected chi connectivity index (χ1v) is 20.8. The van der Waals surface area contributed by atoms with E-state index in [1.165, 1.54) is 60.8 Å². The van der Waals surface area contributed by atoms with E-state index in [-0.39, 0.29) is 5.41 Å². The molecule has 0 saturated heterocycles. The number of para-hydroxylation sites is 2. The van der Waals surface area contributed by atoms with Gasteiger partial charge >= 0.3 is 0 Å². The van der Waals surface area contributed by atoms with Crippen LogP contribution in [0.5, 0.6) is 0 Å². The maximum atomic E-state index is 7.09. The highest BCUT2D eigenvalue weighted by molar-refractivity contribution is 6.28. The molecule has 0 saturated carbocycles. The Hall–Kier alpha value is -7.62. The van der Waals surface area contributed by atoms with Crippen LogP contribution < -0.4 is 4.90 Å². The van der Waals surface area contributed by atoms with Gasteiger partial charge in [-0.3, -0.25) is 0 Å². The van der Waals surface area contributed by atoms with Gasteiger partial charge in [-0.1, -0.05) is 159 Å². The van der Waals surface area contributed by atoms with Gasteiger partial charge in [0, 0.05) is 38.6 Å². The van der Waals surface area contributed by atoms with Gasteiger partial charge in [-0.2, -0.15) is 0 Å². The predicted octanol–water partition coefficient (Wildman–Crippen LogP) is 15.8. The third-order valence-corrected chi connectivity index (χ3v) is 12.8. The van der Waals surface area contributed by atoms with Crippen molar-refractivity contribution in [3.63, 3.8) is 0 Å². The highest BCUT2D eigenvalue weighted by Gasteiger charge is 2.36. The molecule has 2 heterocycles. The number of rotatable bonds is 6. The van der Waals surface area contributed by atoms with E-state index in [9.17, 15) is 0 Å². The molecule has 284 valence electrons. The molecule has 3 heteroatoms. The van der Waals surface area contributed by atoms with E-state index in [1.54, 1.807) is 0 Å². The first kappa shape index (κ1) is 34.4. The molecule has 60 heavy (non-hydrogen) atoms. The second kappa shape index (κ2) is 13.2. The largest absolute Gasteiger partial charge is 0.454 e. The van der Waals surface area contributed by atoms with Crippen LogP contribution >= 0.6 is 0 Å². The summed E-state index contributed by atoms with van der Waals surface area (Å²) in [4.78, 5) is 2.38. The minimum atomic E-state index is -0.143. The molecular formula is C57H40N2O. The molecule has 1 aliphatic rings. The summed E-state index contributed by atoms with van der Waals surface area (Å²) in [7, 11) is 0. The zero-order chi connectivity index (χ0) is 40.0. The average molecular weight is 769 g/mol. The van der Waals surface area contributed by atoms with Gasteiger partial charge in [-0.15, -0.1) is 0 Å². The van der Waals surface area contributed by atoms with Crippen LogP contribution in [0.2, 0.25) is 0 Å². The van der Waals surface area contributed by atoms with E-state index in [4.69, 9.17) is 4.42 Å². The second-order valence-electron chi connectivity index (χ2n) is 16.5. The average Bonchev–Trinajstić information content (AvgIpc) is 3.92.